The molecule has 0 aromatic carbocycles. The molecule has 0 aliphatic carbocycles. The van der Waals surface area contributed by atoms with Gasteiger partial charge in [-0.15, -0.1) is 11.3 Å². The van der Waals surface area contributed by atoms with Gasteiger partial charge in [0.25, 0.3) is 0 Å². The maximum atomic E-state index is 12.3. The van der Waals surface area contributed by atoms with Gasteiger partial charge in [-0.1, -0.05) is 0 Å². The maximum absolute atomic E-state index is 12.3. The van der Waals surface area contributed by atoms with Gasteiger partial charge in [-0.3, -0.25) is 9.69 Å². The minimum absolute atomic E-state index is 0.0819. The summed E-state index contributed by atoms with van der Waals surface area (Å²) < 4.78 is 4.77. The van der Waals surface area contributed by atoms with Gasteiger partial charge in [0.1, 0.15) is 6.04 Å². The molecule has 128 valence electrons. The Kier molecular flexibility index (Phi) is 6.38. The first-order valence-electron chi connectivity index (χ1n) is 8.08. The molecule has 1 N–H and O–H groups in total. The monoisotopic (exact) mass is 339 g/mol. The predicted molar refractivity (Wildman–Crippen MR) is 89.7 cm³/mol. The molecule has 2 rings (SSSR count). The van der Waals surface area contributed by atoms with Crippen LogP contribution >= 0.6 is 11.3 Å². The molecular weight excluding hydrogens is 314 g/mol. The molecule has 2 heterocycles. The van der Waals surface area contributed by atoms with Crippen molar-refractivity contribution in [1.82, 2.24) is 15.2 Å². The second-order valence-electron chi connectivity index (χ2n) is 5.82. The SMILES string of the molecule is COC(=O)N1CCCC[C@H]1C(=O)NCCCc1nc(C)c(C)s1. The lowest BCUT2D eigenvalue weighted by molar-refractivity contribution is -0.126. The van der Waals surface area contributed by atoms with E-state index < -0.39 is 12.1 Å². The summed E-state index contributed by atoms with van der Waals surface area (Å²) in [6.07, 6.45) is 3.88. The highest BCUT2D eigenvalue weighted by Crippen LogP contribution is 2.19. The number of likely N-dealkylation sites (tertiary alicyclic amines) is 1. The van der Waals surface area contributed by atoms with E-state index in [1.54, 1.807) is 11.3 Å². The largest absolute Gasteiger partial charge is 0.453 e. The summed E-state index contributed by atoms with van der Waals surface area (Å²) in [5, 5.41) is 4.06. The lowest BCUT2D eigenvalue weighted by atomic mass is 10.0. The highest BCUT2D eigenvalue weighted by atomic mass is 32.1. The van der Waals surface area contributed by atoms with Crippen molar-refractivity contribution < 1.29 is 14.3 Å². The Labute approximate surface area is 141 Å². The molecule has 1 saturated heterocycles. The van der Waals surface area contributed by atoms with Crippen molar-refractivity contribution in [2.45, 2.75) is 52.0 Å². The number of methoxy groups -OCH3 is 1. The van der Waals surface area contributed by atoms with Crippen LogP contribution in [-0.4, -0.2) is 48.1 Å². The van der Waals surface area contributed by atoms with Crippen molar-refractivity contribution >= 4 is 23.3 Å². The third-order valence-electron chi connectivity index (χ3n) is 4.15. The molecule has 0 spiro atoms. The Hall–Kier alpha value is -1.63. The molecule has 1 atom stereocenters. The predicted octanol–water partition coefficient (Wildman–Crippen LogP) is 2.43. The van der Waals surface area contributed by atoms with Gasteiger partial charge < -0.3 is 10.1 Å². The van der Waals surface area contributed by atoms with Gasteiger partial charge in [0.2, 0.25) is 5.91 Å². The average molecular weight is 339 g/mol. The molecule has 0 bridgehead atoms. The lowest BCUT2D eigenvalue weighted by Crippen LogP contribution is -2.52. The van der Waals surface area contributed by atoms with Gasteiger partial charge in [0.05, 0.1) is 17.8 Å². The number of ether oxygens (including phenoxy) is 1. The number of thiazole rings is 1. The van der Waals surface area contributed by atoms with E-state index in [9.17, 15) is 9.59 Å². The van der Waals surface area contributed by atoms with Crippen molar-refractivity contribution in [3.05, 3.63) is 15.6 Å². The zero-order valence-electron chi connectivity index (χ0n) is 14.1. The number of aromatic nitrogens is 1. The number of nitrogens with one attached hydrogen (secondary N) is 1. The molecular formula is C16H25N3O3S. The molecule has 23 heavy (non-hydrogen) atoms. The van der Waals surface area contributed by atoms with Crippen LogP contribution in [0.5, 0.6) is 0 Å². The van der Waals surface area contributed by atoms with Crippen LogP contribution in [0.15, 0.2) is 0 Å². The Morgan fingerprint density at radius 3 is 2.83 bits per heavy atom. The molecule has 1 aliphatic heterocycles. The molecule has 1 aromatic rings. The van der Waals surface area contributed by atoms with E-state index in [4.69, 9.17) is 4.74 Å². The number of nitrogens with zero attached hydrogens (tertiary/aromatic N) is 2. The highest BCUT2D eigenvalue weighted by Gasteiger charge is 2.32. The Bertz CT molecular complexity index is 539. The molecule has 7 heteroatoms. The fourth-order valence-corrected chi connectivity index (χ4v) is 3.73. The van der Waals surface area contributed by atoms with Gasteiger partial charge >= 0.3 is 6.09 Å². The lowest BCUT2D eigenvalue weighted by Gasteiger charge is -2.33. The number of carbonyl (C=O) groups is 2. The van der Waals surface area contributed by atoms with Crippen LogP contribution in [0, 0.1) is 13.8 Å². The minimum atomic E-state index is -0.418. The first-order chi connectivity index (χ1) is 11.0. The molecule has 2 amide bonds. The second kappa shape index (κ2) is 8.29. The van der Waals surface area contributed by atoms with Crippen LogP contribution in [0.2, 0.25) is 0 Å². The zero-order valence-corrected chi connectivity index (χ0v) is 14.9. The highest BCUT2D eigenvalue weighted by molar-refractivity contribution is 7.11. The number of carbonyl (C=O) groups excluding carboxylic acids is 2. The number of rotatable bonds is 5. The average Bonchev–Trinajstić information content (AvgIpc) is 2.88. The van der Waals surface area contributed by atoms with Gasteiger partial charge in [-0.2, -0.15) is 0 Å². The minimum Gasteiger partial charge on any atom is -0.453 e. The van der Waals surface area contributed by atoms with E-state index in [-0.39, 0.29) is 5.91 Å². The van der Waals surface area contributed by atoms with Crippen LogP contribution in [-0.2, 0) is 16.0 Å². The molecule has 1 aliphatic rings. The van der Waals surface area contributed by atoms with E-state index >= 15 is 0 Å². The summed E-state index contributed by atoms with van der Waals surface area (Å²) in [6.45, 7) is 5.27. The molecule has 0 saturated carbocycles. The quantitative estimate of drug-likeness (QED) is 0.836. The summed E-state index contributed by atoms with van der Waals surface area (Å²) in [5.74, 6) is -0.0819. The molecule has 0 radical (unpaired) electrons. The summed E-state index contributed by atoms with van der Waals surface area (Å²) in [4.78, 5) is 31.4. The number of piperidine rings is 1. The van der Waals surface area contributed by atoms with Crippen LogP contribution in [0.25, 0.3) is 0 Å². The van der Waals surface area contributed by atoms with E-state index in [1.807, 2.05) is 6.92 Å². The third kappa shape index (κ3) is 4.67. The fourth-order valence-electron chi connectivity index (χ4n) is 2.76. The van der Waals surface area contributed by atoms with Crippen molar-refractivity contribution in [3.63, 3.8) is 0 Å². The van der Waals surface area contributed by atoms with Crippen molar-refractivity contribution in [1.29, 1.82) is 0 Å². The first-order valence-corrected chi connectivity index (χ1v) is 8.89. The summed E-state index contributed by atoms with van der Waals surface area (Å²) in [6, 6.07) is -0.402. The number of amides is 2. The van der Waals surface area contributed by atoms with Crippen molar-refractivity contribution in [3.8, 4) is 0 Å². The third-order valence-corrected chi connectivity index (χ3v) is 5.29. The van der Waals surface area contributed by atoms with E-state index in [1.165, 1.54) is 16.9 Å². The van der Waals surface area contributed by atoms with Crippen LogP contribution in [0.1, 0.15) is 41.3 Å². The maximum Gasteiger partial charge on any atom is 0.410 e. The number of aryl methyl sites for hydroxylation is 3. The van der Waals surface area contributed by atoms with Gasteiger partial charge in [-0.25, -0.2) is 9.78 Å². The summed E-state index contributed by atoms with van der Waals surface area (Å²) >= 11 is 1.72. The number of hydrogen-bond acceptors (Lipinski definition) is 5. The van der Waals surface area contributed by atoms with E-state index in [2.05, 4.69) is 17.2 Å². The van der Waals surface area contributed by atoms with Crippen molar-refractivity contribution in [2.24, 2.45) is 0 Å². The molecule has 1 aromatic heterocycles. The Morgan fingerprint density at radius 2 is 2.17 bits per heavy atom. The van der Waals surface area contributed by atoms with Gasteiger partial charge in [-0.05, 0) is 39.5 Å². The standard InChI is InChI=1S/C16H25N3O3S/c1-11-12(2)23-14(18-11)8-6-9-17-15(20)13-7-4-5-10-19(13)16(21)22-3/h13H,4-10H2,1-3H3,(H,17,20)/t13-/m0/s1. The van der Waals surface area contributed by atoms with Crippen LogP contribution in [0.3, 0.4) is 0 Å². The smallest absolute Gasteiger partial charge is 0.410 e. The van der Waals surface area contributed by atoms with E-state index in [0.717, 1.165) is 36.4 Å². The molecule has 1 fully saturated rings. The van der Waals surface area contributed by atoms with Gasteiger partial charge in [0, 0.05) is 24.4 Å². The molecule has 6 nitrogen and oxygen atoms in total. The van der Waals surface area contributed by atoms with Crippen LogP contribution < -0.4 is 5.32 Å². The van der Waals surface area contributed by atoms with Crippen molar-refractivity contribution in [2.75, 3.05) is 20.2 Å². The second-order valence-corrected chi connectivity index (χ2v) is 7.11. The van der Waals surface area contributed by atoms with Crippen LogP contribution in [0.4, 0.5) is 4.79 Å². The number of hydrogen-bond donors (Lipinski definition) is 1. The summed E-state index contributed by atoms with van der Waals surface area (Å²) in [5.41, 5.74) is 1.09. The van der Waals surface area contributed by atoms with E-state index in [0.29, 0.717) is 19.5 Å². The zero-order chi connectivity index (χ0) is 16.8. The first kappa shape index (κ1) is 17.7. The van der Waals surface area contributed by atoms with Gasteiger partial charge in [0.15, 0.2) is 0 Å². The normalized spacial score (nSPS) is 17.9. The fraction of sp³-hybridized carbons (Fsp3) is 0.688. The Balaban J connectivity index is 1.77. The molecule has 0 unspecified atom stereocenters. The summed E-state index contributed by atoms with van der Waals surface area (Å²) in [7, 11) is 1.35. The Morgan fingerprint density at radius 1 is 1.39 bits per heavy atom. The topological polar surface area (TPSA) is 71.5 Å².